The van der Waals surface area contributed by atoms with E-state index in [2.05, 4.69) is 24.9 Å². The van der Waals surface area contributed by atoms with Crippen LogP contribution in [0, 0.1) is 20.2 Å². The number of sulfonamides is 6. The highest BCUT2D eigenvalue weighted by atomic mass is 32.3. The minimum Gasteiger partial charge on any atom is -0.427 e. The number of hydrogen-bond acceptors (Lipinski definition) is 26. The lowest BCUT2D eigenvalue weighted by Crippen LogP contribution is -2.40. The van der Waals surface area contributed by atoms with Gasteiger partial charge in [0.25, 0.3) is 51.5 Å². The average molecular weight is 1730 g/mol. The third-order valence-electron chi connectivity index (χ3n) is 17.1. The summed E-state index contributed by atoms with van der Waals surface area (Å²) < 4.78 is 173. The SMILES string of the molecule is CC(=O)Oc1ccc(-c2cnc(N(S(=O)(=O)c3ccc([N+](=O)[O-])cc3)S(=O)(=O)c3ccc([N+](=O)[O-])cc3)c(Cc3ccccc3)n2)cc1.CC(=O)Oc1ccc(-c2cnc(N(S(C)(=O)=O)S(C)(=O)=O)c(Cc3ccccc3)n2)cc1.O=S(=O)(Cc1ccccc1)N(c1ncc(-c2ccccc2)nc1Cc1ccccc1)S(=O)(=O)Cc1ccccc1. The Balaban J connectivity index is 0.000000180. The number of non-ortho nitro benzene ring substituents is 2. The molecule has 10 aromatic carbocycles. The van der Waals surface area contributed by atoms with E-state index in [-0.39, 0.29) is 63.1 Å². The van der Waals surface area contributed by atoms with Crippen molar-refractivity contribution in [3.8, 4) is 45.3 Å². The molecule has 0 fully saturated rings. The fourth-order valence-electron chi connectivity index (χ4n) is 11.9. The second-order valence-electron chi connectivity index (χ2n) is 26.3. The highest BCUT2D eigenvalue weighted by molar-refractivity contribution is 8.11. The lowest BCUT2D eigenvalue weighted by molar-refractivity contribution is -0.385. The molecular formula is C83H71N11O20S6. The van der Waals surface area contributed by atoms with Crippen LogP contribution in [0.3, 0.4) is 0 Å². The molecule has 0 aliphatic rings. The summed E-state index contributed by atoms with van der Waals surface area (Å²) >= 11 is 0. The van der Waals surface area contributed by atoms with Crippen LogP contribution < -0.4 is 20.6 Å². The van der Waals surface area contributed by atoms with Crippen molar-refractivity contribution in [3.63, 3.8) is 0 Å². The van der Waals surface area contributed by atoms with Crippen molar-refractivity contribution in [2.24, 2.45) is 0 Å². The van der Waals surface area contributed by atoms with E-state index in [4.69, 9.17) is 14.5 Å². The van der Waals surface area contributed by atoms with E-state index in [1.807, 2.05) is 91.0 Å². The molecule has 0 aliphatic heterocycles. The van der Waals surface area contributed by atoms with Crippen molar-refractivity contribution in [2.45, 2.75) is 54.4 Å². The van der Waals surface area contributed by atoms with Gasteiger partial charge in [0.05, 0.1) is 96.4 Å². The highest BCUT2D eigenvalue weighted by Crippen LogP contribution is 2.37. The molecule has 120 heavy (non-hydrogen) atoms. The molecule has 0 atom stereocenters. The lowest BCUT2D eigenvalue weighted by atomic mass is 10.1. The van der Waals surface area contributed by atoms with Gasteiger partial charge in [-0.1, -0.05) is 182 Å². The standard InChI is InChI=1S/C31H23N5O10S2.C31H27N3O4S2.C21H21N3O6S2/c1-21(37)46-26-13-7-23(8-14-26)30-20-32-31(29(33-30)19-22-5-3-2-4-6-22)36(47(42,43)27-15-9-24(10-16-27)34(38)39)48(44,45)28-17-11-25(12-18-28)35(40)41;35-39(36,23-26-15-7-2-8-16-26)34(40(37,38)24-27-17-9-3-10-18-27)31-29(21-25-13-5-1-6-14-25)33-30(22-32-31)28-19-11-4-12-20-28;1-15(25)30-18-11-9-17(10-12-18)20-14-22-21(24(31(2,26)27)32(3,28)29)19(23-20)13-16-7-5-4-6-8-16/h2-18,20H,19H2,1H3;1-20,22H,21,23-24H2;4-12,14H,13H2,1-3H3. The second kappa shape index (κ2) is 37.7. The van der Waals surface area contributed by atoms with Crippen molar-refractivity contribution in [1.82, 2.24) is 29.9 Å². The van der Waals surface area contributed by atoms with Crippen LogP contribution in [0.1, 0.15) is 58.7 Å². The van der Waals surface area contributed by atoms with E-state index in [1.54, 1.807) is 127 Å². The first-order valence-electron chi connectivity index (χ1n) is 35.7. The molecule has 0 unspecified atom stereocenters. The second-order valence-corrected chi connectivity index (χ2v) is 37.8. The first-order chi connectivity index (χ1) is 57.0. The van der Waals surface area contributed by atoms with E-state index < -0.39 is 120 Å². The first kappa shape index (κ1) is 87.1. The zero-order valence-electron chi connectivity index (χ0n) is 63.9. The Morgan fingerprint density at radius 1 is 0.333 bits per heavy atom. The molecular weight excluding hydrogens is 1660 g/mol. The zero-order chi connectivity index (χ0) is 86.2. The molecule has 31 nitrogen and oxygen atoms in total. The fraction of sp³-hybridized carbons (Fsp3) is 0.108. The Bertz CT molecular complexity index is 6430. The van der Waals surface area contributed by atoms with E-state index in [0.29, 0.717) is 52.4 Å². The minimum absolute atomic E-state index is 0.0706. The number of ether oxygens (including phenoxy) is 2. The smallest absolute Gasteiger partial charge is 0.308 e. The molecule has 13 rings (SSSR count). The number of nitro groups is 2. The van der Waals surface area contributed by atoms with Gasteiger partial charge in [-0.25, -0.2) is 63.6 Å². The van der Waals surface area contributed by atoms with Gasteiger partial charge in [0.1, 0.15) is 11.5 Å². The van der Waals surface area contributed by atoms with E-state index >= 15 is 0 Å². The van der Waals surface area contributed by atoms with E-state index in [0.717, 1.165) is 83.9 Å². The van der Waals surface area contributed by atoms with Gasteiger partial charge in [0, 0.05) is 74.1 Å². The van der Waals surface area contributed by atoms with Crippen LogP contribution in [-0.4, -0.2) is 115 Å². The molecule has 0 amide bonds. The Labute approximate surface area is 691 Å². The maximum atomic E-state index is 14.3. The van der Waals surface area contributed by atoms with Crippen LogP contribution in [0.2, 0.25) is 0 Å². The molecule has 0 saturated heterocycles. The van der Waals surface area contributed by atoms with Crippen molar-refractivity contribution < 1.29 is 79.4 Å². The van der Waals surface area contributed by atoms with Crippen LogP contribution in [0.4, 0.5) is 28.8 Å². The van der Waals surface area contributed by atoms with Gasteiger partial charge in [0.2, 0.25) is 20.0 Å². The third-order valence-corrected chi connectivity index (χ3v) is 28.6. The topological polar surface area (TPSA) is 431 Å². The van der Waals surface area contributed by atoms with Gasteiger partial charge in [-0.3, -0.25) is 29.8 Å². The monoisotopic (exact) mass is 1730 g/mol. The maximum Gasteiger partial charge on any atom is 0.308 e. The summed E-state index contributed by atoms with van der Waals surface area (Å²) in [6.07, 6.45) is 5.72. The summed E-state index contributed by atoms with van der Waals surface area (Å²) in [5, 5.41) is 22.5. The van der Waals surface area contributed by atoms with Gasteiger partial charge >= 0.3 is 11.9 Å². The molecule has 0 spiro atoms. The molecule has 0 aliphatic carbocycles. The van der Waals surface area contributed by atoms with Crippen LogP contribution in [-0.2, 0) is 100 Å². The fourth-order valence-corrected chi connectivity index (χ4v) is 22.4. The molecule has 0 N–H and O–H groups in total. The Kier molecular flexibility index (Phi) is 27.4. The van der Waals surface area contributed by atoms with Crippen LogP contribution in [0.5, 0.6) is 11.5 Å². The molecule has 37 heteroatoms. The van der Waals surface area contributed by atoms with Crippen molar-refractivity contribution >= 4 is 101 Å². The number of carbonyl (C=O) groups is 2. The largest absolute Gasteiger partial charge is 0.427 e. The maximum absolute atomic E-state index is 14.3. The predicted octanol–water partition coefficient (Wildman–Crippen LogP) is 13.0. The highest BCUT2D eigenvalue weighted by Gasteiger charge is 2.42. The number of esters is 2. The first-order valence-corrected chi connectivity index (χ1v) is 45.5. The molecule has 3 heterocycles. The van der Waals surface area contributed by atoms with Gasteiger partial charge in [-0.15, -0.1) is 11.1 Å². The molecule has 3 aromatic heterocycles. The minimum atomic E-state index is -5.10. The van der Waals surface area contributed by atoms with Crippen LogP contribution in [0.15, 0.2) is 307 Å². The summed E-state index contributed by atoms with van der Waals surface area (Å²) in [5.41, 5.74) is 5.64. The number of nitro benzene ring substituents is 2. The Morgan fingerprint density at radius 2 is 0.592 bits per heavy atom. The van der Waals surface area contributed by atoms with Crippen LogP contribution in [0.25, 0.3) is 33.8 Å². The third kappa shape index (κ3) is 22.3. The Morgan fingerprint density at radius 3 is 0.867 bits per heavy atom. The normalized spacial score (nSPS) is 11.6. The van der Waals surface area contributed by atoms with Gasteiger partial charge < -0.3 is 9.47 Å². The summed E-state index contributed by atoms with van der Waals surface area (Å²) in [5.74, 6) is -2.51. The summed E-state index contributed by atoms with van der Waals surface area (Å²) in [6, 6.07) is 73.2. The number of anilines is 3. The van der Waals surface area contributed by atoms with Gasteiger partial charge in [0.15, 0.2) is 17.5 Å². The molecule has 0 saturated carbocycles. The number of rotatable bonds is 28. The summed E-state index contributed by atoms with van der Waals surface area (Å²) in [6.45, 7) is 2.54. The Hall–Kier alpha value is -13.7. The summed E-state index contributed by atoms with van der Waals surface area (Å²) in [7, 11) is -27.5. The zero-order valence-corrected chi connectivity index (χ0v) is 68.8. The quantitative estimate of drug-likeness (QED) is 0.0190. The van der Waals surface area contributed by atoms with E-state index in [1.165, 1.54) is 38.4 Å². The number of carbonyl (C=O) groups excluding carboxylic acids is 2. The van der Waals surface area contributed by atoms with Gasteiger partial charge in [-0.2, -0.15) is 16.8 Å². The van der Waals surface area contributed by atoms with Crippen molar-refractivity contribution in [2.75, 3.05) is 23.6 Å². The van der Waals surface area contributed by atoms with Gasteiger partial charge in [-0.05, 0) is 101 Å². The lowest BCUT2D eigenvalue weighted by Gasteiger charge is -2.25. The van der Waals surface area contributed by atoms with E-state index in [9.17, 15) is 80.3 Å². The number of nitrogens with zero attached hydrogens (tertiary/aromatic N) is 11. The van der Waals surface area contributed by atoms with Crippen molar-refractivity contribution in [1.29, 1.82) is 0 Å². The van der Waals surface area contributed by atoms with Crippen molar-refractivity contribution in [3.05, 3.63) is 363 Å². The predicted molar refractivity (Wildman–Crippen MR) is 449 cm³/mol. The molecule has 13 aromatic rings. The average Bonchev–Trinajstić information content (AvgIpc) is 0.735. The molecule has 0 bridgehead atoms. The summed E-state index contributed by atoms with van der Waals surface area (Å²) in [4.78, 5) is 69.1. The number of benzene rings is 10. The molecule has 614 valence electrons. The van der Waals surface area contributed by atoms with Crippen LogP contribution >= 0.6 is 0 Å². The molecule has 0 radical (unpaired) electrons. The number of aromatic nitrogens is 6. The number of hydrogen-bond donors (Lipinski definition) is 0.